The summed E-state index contributed by atoms with van der Waals surface area (Å²) in [5, 5.41) is 16.2. The van der Waals surface area contributed by atoms with Gasteiger partial charge in [0.2, 0.25) is 0 Å². The number of carbonyl (C=O) groups excluding carboxylic acids is 1. The summed E-state index contributed by atoms with van der Waals surface area (Å²) in [5.74, 6) is 1.90. The maximum Gasteiger partial charge on any atom is 0.256 e. The molecule has 1 amide bonds. The van der Waals surface area contributed by atoms with Crippen LogP contribution in [0, 0.1) is 11.3 Å². The van der Waals surface area contributed by atoms with Gasteiger partial charge in [-0.15, -0.1) is 11.3 Å². The van der Waals surface area contributed by atoms with E-state index < -0.39 is 6.17 Å². The van der Waals surface area contributed by atoms with Crippen LogP contribution in [-0.2, 0) is 19.6 Å². The first-order chi connectivity index (χ1) is 14.6. The van der Waals surface area contributed by atoms with E-state index in [1.54, 1.807) is 35.6 Å². The number of rotatable bonds is 4. The first kappa shape index (κ1) is 18.7. The number of carbonyl (C=O) groups is 1. The van der Waals surface area contributed by atoms with Gasteiger partial charge in [0.15, 0.2) is 6.17 Å². The molecule has 7 nitrogen and oxygen atoms in total. The fraction of sp³-hybridized carbons (Fsp3) is 0.273. The van der Waals surface area contributed by atoms with Crippen molar-refractivity contribution in [1.29, 1.82) is 5.26 Å². The summed E-state index contributed by atoms with van der Waals surface area (Å²) in [5.41, 5.74) is 2.55. The van der Waals surface area contributed by atoms with E-state index in [-0.39, 0.29) is 12.5 Å². The van der Waals surface area contributed by atoms with Crippen LogP contribution in [-0.4, -0.2) is 24.4 Å². The maximum atomic E-state index is 12.8. The molecule has 2 aliphatic heterocycles. The molecule has 0 saturated heterocycles. The van der Waals surface area contributed by atoms with Crippen LogP contribution in [0.1, 0.15) is 44.0 Å². The second-order valence-electron chi connectivity index (χ2n) is 7.48. The Morgan fingerprint density at radius 2 is 2.10 bits per heavy atom. The Hall–Kier alpha value is -3.28. The molecule has 0 aliphatic carbocycles. The Kier molecular flexibility index (Phi) is 4.69. The molecule has 0 radical (unpaired) electrons. The molecule has 1 unspecified atom stereocenters. The lowest BCUT2D eigenvalue weighted by Crippen LogP contribution is -2.38. The minimum Gasteiger partial charge on any atom is -0.486 e. The van der Waals surface area contributed by atoms with Crippen molar-refractivity contribution in [1.82, 2.24) is 10.2 Å². The second kappa shape index (κ2) is 7.52. The van der Waals surface area contributed by atoms with Gasteiger partial charge in [0, 0.05) is 18.0 Å². The molecule has 4 heterocycles. The van der Waals surface area contributed by atoms with Crippen molar-refractivity contribution in [2.75, 3.05) is 18.9 Å². The van der Waals surface area contributed by atoms with Crippen molar-refractivity contribution < 1.29 is 13.9 Å². The van der Waals surface area contributed by atoms with Crippen LogP contribution in [0.3, 0.4) is 0 Å². The lowest BCUT2D eigenvalue weighted by atomic mass is 10.0. The van der Waals surface area contributed by atoms with Crippen LogP contribution in [0.4, 0.5) is 5.00 Å². The normalized spacial score (nSPS) is 18.0. The predicted molar refractivity (Wildman–Crippen MR) is 112 cm³/mol. The summed E-state index contributed by atoms with van der Waals surface area (Å²) in [6.45, 7) is 2.11. The molecule has 152 valence electrons. The molecule has 30 heavy (non-hydrogen) atoms. The number of likely N-dealkylation sites (N-methyl/N-ethyl adjacent to an activating group) is 1. The largest absolute Gasteiger partial charge is 0.486 e. The van der Waals surface area contributed by atoms with E-state index in [9.17, 15) is 4.79 Å². The van der Waals surface area contributed by atoms with Crippen LogP contribution in [0.15, 0.2) is 40.8 Å². The lowest BCUT2D eigenvalue weighted by Gasteiger charge is -2.26. The Balaban J connectivity index is 1.29. The highest BCUT2D eigenvalue weighted by Crippen LogP contribution is 2.40. The molecular formula is C22H20N4O3S. The highest BCUT2D eigenvalue weighted by Gasteiger charge is 2.33. The molecule has 1 aromatic carbocycles. The molecule has 0 saturated carbocycles. The molecule has 2 aliphatic rings. The number of amides is 1. The zero-order valence-corrected chi connectivity index (χ0v) is 17.2. The van der Waals surface area contributed by atoms with Crippen LogP contribution < -0.4 is 15.4 Å². The number of hydrogen-bond donors (Lipinski definition) is 2. The Morgan fingerprint density at radius 1 is 1.27 bits per heavy atom. The molecule has 2 N–H and O–H groups in total. The zero-order chi connectivity index (χ0) is 20.7. The third-order valence-corrected chi connectivity index (χ3v) is 6.51. The fourth-order valence-corrected chi connectivity index (χ4v) is 5.15. The molecule has 8 heteroatoms. The van der Waals surface area contributed by atoms with Crippen LogP contribution >= 0.6 is 11.3 Å². The summed E-state index contributed by atoms with van der Waals surface area (Å²) in [7, 11) is 2.10. The number of ether oxygens (including phenoxy) is 1. The molecular weight excluding hydrogens is 400 g/mol. The second-order valence-corrected chi connectivity index (χ2v) is 8.58. The average Bonchev–Trinajstić information content (AvgIpc) is 3.36. The van der Waals surface area contributed by atoms with Gasteiger partial charge in [-0.05, 0) is 55.4 Å². The summed E-state index contributed by atoms with van der Waals surface area (Å²) in [4.78, 5) is 16.3. The van der Waals surface area contributed by atoms with Crippen molar-refractivity contribution in [3.8, 4) is 11.8 Å². The number of nitrogens with one attached hydrogen (secondary N) is 2. The smallest absolute Gasteiger partial charge is 0.256 e. The van der Waals surface area contributed by atoms with Gasteiger partial charge in [-0.3, -0.25) is 4.79 Å². The van der Waals surface area contributed by atoms with Crippen molar-refractivity contribution >= 4 is 22.2 Å². The maximum absolute atomic E-state index is 12.8. The molecule has 0 spiro atoms. The Labute approximate surface area is 177 Å². The summed E-state index contributed by atoms with van der Waals surface area (Å²) >= 11 is 1.66. The first-order valence-electron chi connectivity index (χ1n) is 9.73. The predicted octanol–water partition coefficient (Wildman–Crippen LogP) is 3.63. The first-order valence-corrected chi connectivity index (χ1v) is 10.5. The molecule has 0 fully saturated rings. The minimum atomic E-state index is -0.411. The molecule has 3 aromatic rings. The number of nitrogens with zero attached hydrogens (tertiary/aromatic N) is 2. The Morgan fingerprint density at radius 3 is 2.90 bits per heavy atom. The van der Waals surface area contributed by atoms with E-state index in [0.717, 1.165) is 30.1 Å². The number of furan rings is 1. The van der Waals surface area contributed by atoms with Gasteiger partial charge in [0.05, 0.1) is 17.2 Å². The monoisotopic (exact) mass is 420 g/mol. The van der Waals surface area contributed by atoms with E-state index in [0.29, 0.717) is 22.8 Å². The van der Waals surface area contributed by atoms with Crippen molar-refractivity contribution in [2.24, 2.45) is 0 Å². The van der Waals surface area contributed by atoms with Crippen molar-refractivity contribution in [3.63, 3.8) is 0 Å². The van der Waals surface area contributed by atoms with Gasteiger partial charge in [0.1, 0.15) is 28.9 Å². The lowest BCUT2D eigenvalue weighted by molar-refractivity contribution is 0.0929. The topological polar surface area (TPSA) is 90.5 Å². The van der Waals surface area contributed by atoms with Gasteiger partial charge in [-0.1, -0.05) is 0 Å². The van der Waals surface area contributed by atoms with E-state index in [2.05, 4.69) is 28.7 Å². The quantitative estimate of drug-likeness (QED) is 0.670. The third kappa shape index (κ3) is 3.43. The number of anilines is 1. The minimum absolute atomic E-state index is 0.0532. The van der Waals surface area contributed by atoms with E-state index in [1.165, 1.54) is 10.4 Å². The summed E-state index contributed by atoms with van der Waals surface area (Å²) < 4.78 is 11.6. The van der Waals surface area contributed by atoms with Gasteiger partial charge in [-0.2, -0.15) is 5.26 Å². The zero-order valence-electron chi connectivity index (χ0n) is 16.4. The average molecular weight is 420 g/mol. The molecule has 1 atom stereocenters. The van der Waals surface area contributed by atoms with Gasteiger partial charge in [-0.25, -0.2) is 0 Å². The van der Waals surface area contributed by atoms with E-state index >= 15 is 0 Å². The molecule has 2 aromatic heterocycles. The summed E-state index contributed by atoms with van der Waals surface area (Å²) in [6, 6.07) is 12.7. The standard InChI is InChI=1S/C22H20N4O3S/c1-26-9-8-16-18(11-26)30-22-19(16)21(27)24-20(25-22)17-7-6-15(29-17)12-28-14-4-2-13(10-23)3-5-14/h2-7,20,25H,8-9,11-12H2,1H3,(H,24,27). The van der Waals surface area contributed by atoms with Crippen molar-refractivity contribution in [2.45, 2.75) is 25.7 Å². The van der Waals surface area contributed by atoms with E-state index in [1.807, 2.05) is 12.1 Å². The van der Waals surface area contributed by atoms with Gasteiger partial charge in [0.25, 0.3) is 5.91 Å². The number of nitriles is 1. The number of hydrogen-bond acceptors (Lipinski definition) is 7. The third-order valence-electron chi connectivity index (χ3n) is 5.36. The number of fused-ring (bicyclic) bond motifs is 3. The number of benzene rings is 1. The van der Waals surface area contributed by atoms with Crippen LogP contribution in [0.5, 0.6) is 5.75 Å². The van der Waals surface area contributed by atoms with Gasteiger partial charge < -0.3 is 24.7 Å². The van der Waals surface area contributed by atoms with Crippen molar-refractivity contribution in [3.05, 3.63) is 69.5 Å². The van der Waals surface area contributed by atoms with E-state index in [4.69, 9.17) is 14.4 Å². The van der Waals surface area contributed by atoms with Crippen LogP contribution in [0.2, 0.25) is 0 Å². The molecule has 5 rings (SSSR count). The fourth-order valence-electron chi connectivity index (χ4n) is 3.79. The SMILES string of the molecule is CN1CCc2c(sc3c2C(=O)NC(c2ccc(COc4ccc(C#N)cc4)o2)N3)C1. The molecule has 0 bridgehead atoms. The highest BCUT2D eigenvalue weighted by molar-refractivity contribution is 7.16. The highest BCUT2D eigenvalue weighted by atomic mass is 32.1. The van der Waals surface area contributed by atoms with Crippen LogP contribution in [0.25, 0.3) is 0 Å². The Bertz CT molecular complexity index is 1140. The number of thiophene rings is 1. The summed E-state index contributed by atoms with van der Waals surface area (Å²) in [6.07, 6.45) is 0.487. The van der Waals surface area contributed by atoms with Gasteiger partial charge >= 0.3 is 0 Å².